The van der Waals surface area contributed by atoms with Crippen LogP contribution in [-0.2, 0) is 26.0 Å². The Hall–Kier alpha value is -3.13. The van der Waals surface area contributed by atoms with Gasteiger partial charge in [0.1, 0.15) is 5.75 Å². The molecule has 29 heavy (non-hydrogen) atoms. The highest BCUT2D eigenvalue weighted by Crippen LogP contribution is 2.24. The summed E-state index contributed by atoms with van der Waals surface area (Å²) in [6.07, 6.45) is 1.53. The minimum absolute atomic E-state index is 0.145. The van der Waals surface area contributed by atoms with Gasteiger partial charge in [-0.3, -0.25) is 9.59 Å². The number of benzene rings is 2. The number of rotatable bonds is 7. The van der Waals surface area contributed by atoms with Gasteiger partial charge in [-0.2, -0.15) is 0 Å². The molecule has 0 unspecified atom stereocenters. The highest BCUT2D eigenvalue weighted by Gasteiger charge is 2.30. The first-order valence-electron chi connectivity index (χ1n) is 9.08. The van der Waals surface area contributed by atoms with E-state index in [1.165, 1.54) is 17.9 Å². The van der Waals surface area contributed by atoms with Crippen LogP contribution in [0.1, 0.15) is 12.5 Å². The number of hydrogen-bond acceptors (Lipinski definition) is 5. The lowest BCUT2D eigenvalue weighted by Gasteiger charge is -2.28. The Kier molecular flexibility index (Phi) is 6.33. The maximum atomic E-state index is 12.9. The predicted octanol–water partition coefficient (Wildman–Crippen LogP) is 2.36. The number of carbonyl (C=O) groups excluding carboxylic acids is 2. The zero-order chi connectivity index (χ0) is 20.9. The summed E-state index contributed by atoms with van der Waals surface area (Å²) in [5.41, 5.74) is 1.35. The molecule has 2 aromatic rings. The second-order valence-electron chi connectivity index (χ2n) is 6.70. The van der Waals surface area contributed by atoms with Crippen LogP contribution in [0.5, 0.6) is 5.75 Å². The number of hydrogen-bond donors (Lipinski definition) is 1. The zero-order valence-electron chi connectivity index (χ0n) is 15.9. The number of sulfone groups is 1. The minimum Gasteiger partial charge on any atom is -0.482 e. The van der Waals surface area contributed by atoms with Gasteiger partial charge < -0.3 is 15.0 Å². The number of nitrogens with zero attached hydrogens (tertiary/aromatic N) is 1. The van der Waals surface area contributed by atoms with Crippen LogP contribution in [0.2, 0.25) is 0 Å². The molecule has 8 heteroatoms. The molecule has 1 atom stereocenters. The van der Waals surface area contributed by atoms with Gasteiger partial charge in [-0.15, -0.1) is 0 Å². The van der Waals surface area contributed by atoms with Crippen LogP contribution in [0.4, 0.5) is 5.69 Å². The summed E-state index contributed by atoms with van der Waals surface area (Å²) in [6.45, 7) is 1.37. The molecule has 1 aliphatic rings. The fourth-order valence-corrected chi connectivity index (χ4v) is 4.33. The maximum absolute atomic E-state index is 12.9. The molecule has 0 aromatic heterocycles. The zero-order valence-corrected chi connectivity index (χ0v) is 16.8. The van der Waals surface area contributed by atoms with Crippen LogP contribution >= 0.6 is 0 Å². The van der Waals surface area contributed by atoms with Crippen molar-refractivity contribution in [1.29, 1.82) is 0 Å². The van der Waals surface area contributed by atoms with Crippen molar-refractivity contribution in [2.75, 3.05) is 17.7 Å². The van der Waals surface area contributed by atoms with Crippen molar-refractivity contribution in [3.63, 3.8) is 0 Å². The molecule has 2 amide bonds. The van der Waals surface area contributed by atoms with E-state index in [0.29, 0.717) is 11.4 Å². The largest absolute Gasteiger partial charge is 0.482 e. The maximum Gasteiger partial charge on any atom is 0.261 e. The summed E-state index contributed by atoms with van der Waals surface area (Å²) in [4.78, 5) is 25.8. The number of anilines is 1. The Bertz CT molecular complexity index is 1020. The molecule has 2 aromatic carbocycles. The first kappa shape index (κ1) is 20.6. The highest BCUT2D eigenvalue weighted by molar-refractivity contribution is 7.94. The standard InChI is InChI=1S/C21H22N2O5S/c1-16(24)22-19-9-5-6-10-20(19)28-14-21(25)23(13-17-7-3-2-4-8-17)18-11-12-29(26,27)15-18/h2-12,18H,13-15H2,1H3,(H,22,24)/t18-/m0/s1. The first-order valence-corrected chi connectivity index (χ1v) is 10.8. The summed E-state index contributed by atoms with van der Waals surface area (Å²) in [6, 6.07) is 15.6. The number of nitrogens with one attached hydrogen (secondary N) is 1. The Labute approximate surface area is 169 Å². The van der Waals surface area contributed by atoms with Gasteiger partial charge in [-0.1, -0.05) is 42.5 Å². The van der Waals surface area contributed by atoms with Crippen LogP contribution in [0.15, 0.2) is 66.1 Å². The van der Waals surface area contributed by atoms with E-state index in [2.05, 4.69) is 5.32 Å². The van der Waals surface area contributed by atoms with E-state index >= 15 is 0 Å². The molecule has 1 heterocycles. The van der Waals surface area contributed by atoms with Crippen LogP contribution in [0.25, 0.3) is 0 Å². The monoisotopic (exact) mass is 414 g/mol. The molecular weight excluding hydrogens is 392 g/mol. The third-order valence-electron chi connectivity index (χ3n) is 4.38. The Morgan fingerprint density at radius 3 is 2.45 bits per heavy atom. The summed E-state index contributed by atoms with van der Waals surface area (Å²) in [5, 5.41) is 3.80. The summed E-state index contributed by atoms with van der Waals surface area (Å²) < 4.78 is 29.4. The summed E-state index contributed by atoms with van der Waals surface area (Å²) in [5.74, 6) is -0.378. The van der Waals surface area contributed by atoms with Crippen LogP contribution in [0.3, 0.4) is 0 Å². The van der Waals surface area contributed by atoms with Crippen molar-refractivity contribution in [2.45, 2.75) is 19.5 Å². The smallest absolute Gasteiger partial charge is 0.261 e. The van der Waals surface area contributed by atoms with Crippen molar-refractivity contribution in [3.8, 4) is 5.75 Å². The van der Waals surface area contributed by atoms with Crippen LogP contribution < -0.4 is 10.1 Å². The number of carbonyl (C=O) groups is 2. The van der Waals surface area contributed by atoms with E-state index in [1.54, 1.807) is 24.3 Å². The van der Waals surface area contributed by atoms with Crippen molar-refractivity contribution in [2.24, 2.45) is 0 Å². The average molecular weight is 414 g/mol. The second-order valence-corrected chi connectivity index (χ2v) is 8.63. The lowest BCUT2D eigenvalue weighted by atomic mass is 10.2. The molecule has 0 bridgehead atoms. The molecule has 0 spiro atoms. The SMILES string of the molecule is CC(=O)Nc1ccccc1OCC(=O)N(Cc1ccccc1)[C@H]1C=CS(=O)(=O)C1. The minimum atomic E-state index is -3.32. The van der Waals surface area contributed by atoms with Crippen molar-refractivity contribution in [1.82, 2.24) is 4.90 Å². The Morgan fingerprint density at radius 2 is 1.79 bits per heavy atom. The normalized spacial score (nSPS) is 16.9. The molecule has 0 saturated heterocycles. The van der Waals surface area contributed by atoms with E-state index in [4.69, 9.17) is 4.74 Å². The fourth-order valence-electron chi connectivity index (χ4n) is 3.03. The second kappa shape index (κ2) is 8.91. The van der Waals surface area contributed by atoms with Crippen molar-refractivity contribution >= 4 is 27.3 Å². The van der Waals surface area contributed by atoms with Crippen LogP contribution in [0, 0.1) is 0 Å². The van der Waals surface area contributed by atoms with Gasteiger partial charge in [0.2, 0.25) is 5.91 Å². The van der Waals surface area contributed by atoms with E-state index in [1.807, 2.05) is 30.3 Å². The van der Waals surface area contributed by atoms with Gasteiger partial charge >= 0.3 is 0 Å². The van der Waals surface area contributed by atoms with Gasteiger partial charge in [-0.05, 0) is 23.8 Å². The van der Waals surface area contributed by atoms with Gasteiger partial charge in [-0.25, -0.2) is 8.42 Å². The van der Waals surface area contributed by atoms with Gasteiger partial charge in [0.15, 0.2) is 16.4 Å². The van der Waals surface area contributed by atoms with E-state index in [0.717, 1.165) is 11.0 Å². The number of para-hydroxylation sites is 2. The van der Waals surface area contributed by atoms with Gasteiger partial charge in [0.05, 0.1) is 17.5 Å². The van der Waals surface area contributed by atoms with Crippen molar-refractivity contribution in [3.05, 3.63) is 71.6 Å². The average Bonchev–Trinajstić information content (AvgIpc) is 3.05. The molecule has 0 radical (unpaired) electrons. The molecule has 152 valence electrons. The molecule has 0 saturated carbocycles. The topological polar surface area (TPSA) is 92.8 Å². The third kappa shape index (κ3) is 5.68. The molecule has 1 aliphatic heterocycles. The Morgan fingerprint density at radius 1 is 1.10 bits per heavy atom. The lowest BCUT2D eigenvalue weighted by Crippen LogP contribution is -2.42. The molecule has 0 fully saturated rings. The predicted molar refractivity (Wildman–Crippen MR) is 110 cm³/mol. The fraction of sp³-hybridized carbons (Fsp3) is 0.238. The first-order chi connectivity index (χ1) is 13.8. The van der Waals surface area contributed by atoms with E-state index in [9.17, 15) is 18.0 Å². The highest BCUT2D eigenvalue weighted by atomic mass is 32.2. The van der Waals surface area contributed by atoms with E-state index in [-0.39, 0.29) is 30.7 Å². The molecule has 3 rings (SSSR count). The molecular formula is C21H22N2O5S. The number of amides is 2. The lowest BCUT2D eigenvalue weighted by molar-refractivity contribution is -0.135. The van der Waals surface area contributed by atoms with Gasteiger partial charge in [0.25, 0.3) is 5.91 Å². The molecule has 7 nitrogen and oxygen atoms in total. The number of ether oxygens (including phenoxy) is 1. The Balaban J connectivity index is 1.75. The molecule has 0 aliphatic carbocycles. The van der Waals surface area contributed by atoms with Gasteiger partial charge in [0, 0.05) is 18.9 Å². The summed E-state index contributed by atoms with van der Waals surface area (Å²) in [7, 11) is -3.32. The van der Waals surface area contributed by atoms with E-state index < -0.39 is 15.9 Å². The van der Waals surface area contributed by atoms with Crippen LogP contribution in [-0.4, -0.2) is 43.5 Å². The molecule has 1 N–H and O–H groups in total. The third-order valence-corrected chi connectivity index (χ3v) is 5.75. The van der Waals surface area contributed by atoms with Crippen molar-refractivity contribution < 1.29 is 22.7 Å². The quantitative estimate of drug-likeness (QED) is 0.751. The summed E-state index contributed by atoms with van der Waals surface area (Å²) >= 11 is 0.